The second kappa shape index (κ2) is 5.84. The number of hydrogen-bond donors (Lipinski definition) is 2. The first kappa shape index (κ1) is 13.5. The number of hydrogen-bond acceptors (Lipinski definition) is 3. The van der Waals surface area contributed by atoms with Crippen molar-refractivity contribution in [1.82, 2.24) is 0 Å². The average Bonchev–Trinajstić information content (AvgIpc) is 2.46. The molecule has 0 bridgehead atoms. The van der Waals surface area contributed by atoms with E-state index in [4.69, 9.17) is 10.8 Å². The van der Waals surface area contributed by atoms with Crippen molar-refractivity contribution in [1.29, 1.82) is 0 Å². The summed E-state index contributed by atoms with van der Waals surface area (Å²) in [4.78, 5) is 22.6. The Balaban J connectivity index is 2.10. The van der Waals surface area contributed by atoms with Gasteiger partial charge in [0.05, 0.1) is 5.56 Å². The molecule has 0 atom stereocenters. The number of ketones is 1. The van der Waals surface area contributed by atoms with E-state index in [9.17, 15) is 9.59 Å². The number of rotatable bonds is 4. The van der Waals surface area contributed by atoms with Crippen LogP contribution in [0.25, 0.3) is 6.08 Å². The molecule has 0 saturated carbocycles. The molecule has 0 aliphatic carbocycles. The van der Waals surface area contributed by atoms with Gasteiger partial charge < -0.3 is 10.8 Å². The molecule has 4 nitrogen and oxygen atoms in total. The lowest BCUT2D eigenvalue weighted by Gasteiger charge is -1.98. The highest BCUT2D eigenvalue weighted by Gasteiger charge is 2.02. The van der Waals surface area contributed by atoms with Crippen molar-refractivity contribution < 1.29 is 14.7 Å². The highest BCUT2D eigenvalue weighted by Crippen LogP contribution is 2.10. The number of benzene rings is 2. The van der Waals surface area contributed by atoms with Gasteiger partial charge in [0.15, 0.2) is 5.78 Å². The third kappa shape index (κ3) is 3.32. The Labute approximate surface area is 116 Å². The SMILES string of the molecule is Nc1ccc(C(=O)C=Cc2ccc(C(=O)O)cc2)cc1. The lowest BCUT2D eigenvalue weighted by Crippen LogP contribution is -1.96. The number of nitrogens with two attached hydrogens (primary N) is 1. The fraction of sp³-hybridized carbons (Fsp3) is 0. The average molecular weight is 267 g/mol. The van der Waals surface area contributed by atoms with Crippen LogP contribution in [0.15, 0.2) is 54.6 Å². The van der Waals surface area contributed by atoms with Crippen LogP contribution in [0.1, 0.15) is 26.3 Å². The Bertz CT molecular complexity index is 655. The predicted molar refractivity (Wildman–Crippen MR) is 77.6 cm³/mol. The minimum absolute atomic E-state index is 0.132. The number of aromatic carboxylic acids is 1. The number of nitrogen functional groups attached to an aromatic ring is 1. The fourth-order valence-electron chi connectivity index (χ4n) is 1.65. The zero-order valence-electron chi connectivity index (χ0n) is 10.6. The van der Waals surface area contributed by atoms with Crippen molar-refractivity contribution in [2.45, 2.75) is 0 Å². The summed E-state index contributed by atoms with van der Waals surface area (Å²) < 4.78 is 0. The smallest absolute Gasteiger partial charge is 0.335 e. The topological polar surface area (TPSA) is 80.4 Å². The molecule has 20 heavy (non-hydrogen) atoms. The highest BCUT2D eigenvalue weighted by atomic mass is 16.4. The molecule has 0 heterocycles. The van der Waals surface area contributed by atoms with Crippen molar-refractivity contribution in [3.05, 3.63) is 71.3 Å². The third-order valence-corrected chi connectivity index (χ3v) is 2.78. The second-order valence-electron chi connectivity index (χ2n) is 4.25. The molecule has 0 saturated heterocycles. The maximum absolute atomic E-state index is 11.9. The highest BCUT2D eigenvalue weighted by molar-refractivity contribution is 6.07. The number of carbonyl (C=O) groups is 2. The summed E-state index contributed by atoms with van der Waals surface area (Å²) in [5.74, 6) is -1.11. The first-order valence-corrected chi connectivity index (χ1v) is 5.97. The monoisotopic (exact) mass is 267 g/mol. The molecular formula is C16H13NO3. The molecule has 0 fully saturated rings. The van der Waals surface area contributed by atoms with Crippen molar-refractivity contribution in [2.24, 2.45) is 0 Å². The van der Waals surface area contributed by atoms with E-state index in [2.05, 4.69) is 0 Å². The van der Waals surface area contributed by atoms with Crippen LogP contribution in [0.2, 0.25) is 0 Å². The van der Waals surface area contributed by atoms with Crippen LogP contribution in [0, 0.1) is 0 Å². The second-order valence-corrected chi connectivity index (χ2v) is 4.25. The molecule has 100 valence electrons. The summed E-state index contributed by atoms with van der Waals surface area (Å²) in [7, 11) is 0. The lowest BCUT2D eigenvalue weighted by atomic mass is 10.1. The molecule has 0 amide bonds. The predicted octanol–water partition coefficient (Wildman–Crippen LogP) is 2.86. The largest absolute Gasteiger partial charge is 0.478 e. The van der Waals surface area contributed by atoms with Gasteiger partial charge in [0.1, 0.15) is 0 Å². The van der Waals surface area contributed by atoms with Crippen LogP contribution in [-0.4, -0.2) is 16.9 Å². The molecule has 0 spiro atoms. The van der Waals surface area contributed by atoms with E-state index in [1.54, 1.807) is 42.5 Å². The number of anilines is 1. The summed E-state index contributed by atoms with van der Waals surface area (Å²) >= 11 is 0. The van der Waals surface area contributed by atoms with Crippen LogP contribution in [0.5, 0.6) is 0 Å². The lowest BCUT2D eigenvalue weighted by molar-refractivity contribution is 0.0696. The van der Waals surface area contributed by atoms with Crippen LogP contribution in [0.4, 0.5) is 5.69 Å². The molecule has 2 rings (SSSR count). The molecule has 2 aromatic carbocycles. The Morgan fingerprint density at radius 1 is 0.900 bits per heavy atom. The number of carboxylic acid groups (broad SMARTS) is 1. The Kier molecular flexibility index (Phi) is 3.96. The number of carbonyl (C=O) groups excluding carboxylic acids is 1. The summed E-state index contributed by atoms with van der Waals surface area (Å²) in [5.41, 5.74) is 7.69. The maximum Gasteiger partial charge on any atom is 0.335 e. The van der Waals surface area contributed by atoms with E-state index in [-0.39, 0.29) is 11.3 Å². The van der Waals surface area contributed by atoms with Crippen molar-refractivity contribution >= 4 is 23.5 Å². The van der Waals surface area contributed by atoms with Gasteiger partial charge in [-0.25, -0.2) is 4.79 Å². The first-order valence-electron chi connectivity index (χ1n) is 5.97. The Morgan fingerprint density at radius 3 is 2.00 bits per heavy atom. The molecule has 0 aliphatic rings. The van der Waals surface area contributed by atoms with E-state index in [1.165, 1.54) is 18.2 Å². The Hall–Kier alpha value is -2.88. The molecule has 0 aliphatic heterocycles. The van der Waals surface area contributed by atoms with E-state index in [0.29, 0.717) is 11.3 Å². The van der Waals surface area contributed by atoms with E-state index < -0.39 is 5.97 Å². The molecule has 0 radical (unpaired) electrons. The van der Waals surface area contributed by atoms with Gasteiger partial charge >= 0.3 is 5.97 Å². The molecule has 3 N–H and O–H groups in total. The molecule has 0 unspecified atom stereocenters. The summed E-state index contributed by atoms with van der Waals surface area (Å²) in [6.45, 7) is 0. The molecule has 4 heteroatoms. The fourth-order valence-corrected chi connectivity index (χ4v) is 1.65. The van der Waals surface area contributed by atoms with Crippen molar-refractivity contribution in [2.75, 3.05) is 5.73 Å². The number of allylic oxidation sites excluding steroid dienone is 1. The van der Waals surface area contributed by atoms with Crippen molar-refractivity contribution in [3.63, 3.8) is 0 Å². The summed E-state index contributed by atoms with van der Waals surface area (Å²) in [6, 6.07) is 13.0. The number of carboxylic acids is 1. The normalized spacial score (nSPS) is 10.6. The first-order chi connectivity index (χ1) is 9.56. The van der Waals surface area contributed by atoms with Crippen LogP contribution >= 0.6 is 0 Å². The van der Waals surface area contributed by atoms with Crippen LogP contribution in [0.3, 0.4) is 0 Å². The standard InChI is InChI=1S/C16H13NO3/c17-14-8-6-12(7-9-14)15(18)10-3-11-1-4-13(5-2-11)16(19)20/h1-10H,17H2,(H,19,20). The minimum atomic E-state index is -0.974. The maximum atomic E-state index is 11.9. The molecule has 2 aromatic rings. The van der Waals surface area contributed by atoms with Gasteiger partial charge in [-0.05, 0) is 48.0 Å². The van der Waals surface area contributed by atoms with Crippen LogP contribution in [-0.2, 0) is 0 Å². The molecule has 0 aromatic heterocycles. The van der Waals surface area contributed by atoms with Gasteiger partial charge in [-0.15, -0.1) is 0 Å². The van der Waals surface area contributed by atoms with E-state index in [1.807, 2.05) is 0 Å². The third-order valence-electron chi connectivity index (χ3n) is 2.78. The van der Waals surface area contributed by atoms with Gasteiger partial charge in [-0.3, -0.25) is 4.79 Å². The molecular weight excluding hydrogens is 254 g/mol. The van der Waals surface area contributed by atoms with Crippen LogP contribution < -0.4 is 5.73 Å². The summed E-state index contributed by atoms with van der Waals surface area (Å²) in [6.07, 6.45) is 3.09. The van der Waals surface area contributed by atoms with Gasteiger partial charge in [0, 0.05) is 11.3 Å². The van der Waals surface area contributed by atoms with Gasteiger partial charge in [-0.2, -0.15) is 0 Å². The Morgan fingerprint density at radius 2 is 1.45 bits per heavy atom. The zero-order valence-corrected chi connectivity index (χ0v) is 10.6. The van der Waals surface area contributed by atoms with Crippen molar-refractivity contribution in [3.8, 4) is 0 Å². The quantitative estimate of drug-likeness (QED) is 0.507. The van der Waals surface area contributed by atoms with E-state index >= 15 is 0 Å². The zero-order chi connectivity index (χ0) is 14.5. The van der Waals surface area contributed by atoms with Gasteiger partial charge in [-0.1, -0.05) is 18.2 Å². The summed E-state index contributed by atoms with van der Waals surface area (Å²) in [5, 5.41) is 8.78. The van der Waals surface area contributed by atoms with E-state index in [0.717, 1.165) is 5.56 Å². The van der Waals surface area contributed by atoms with Gasteiger partial charge in [0.2, 0.25) is 0 Å². The minimum Gasteiger partial charge on any atom is -0.478 e. The van der Waals surface area contributed by atoms with Gasteiger partial charge in [0.25, 0.3) is 0 Å².